The minimum Gasteiger partial charge on any atom is -0.390 e. The van der Waals surface area contributed by atoms with Crippen molar-refractivity contribution < 1.29 is 29.3 Å². The molecule has 4 aliphatic carbocycles. The molecule has 154 valence electrons. The Balaban J connectivity index is 1.84. The normalized spacial score (nSPS) is 52.5. The van der Waals surface area contributed by atoms with E-state index < -0.39 is 52.4 Å². The van der Waals surface area contributed by atoms with Gasteiger partial charge in [0.15, 0.2) is 17.2 Å². The highest BCUT2D eigenvalue weighted by Gasteiger charge is 2.75. The highest BCUT2D eigenvalue weighted by Crippen LogP contribution is 2.70. The van der Waals surface area contributed by atoms with Crippen LogP contribution >= 0.6 is 0 Å². The Kier molecular flexibility index (Phi) is 4.15. The van der Waals surface area contributed by atoms with Crippen LogP contribution in [0.5, 0.6) is 0 Å². The van der Waals surface area contributed by atoms with Gasteiger partial charge < -0.3 is 15.3 Å². The summed E-state index contributed by atoms with van der Waals surface area (Å²) in [5, 5.41) is 32.0. The summed E-state index contributed by atoms with van der Waals surface area (Å²) in [6, 6.07) is 0. The molecule has 4 rings (SSSR count). The molecule has 3 fully saturated rings. The molecular weight excluding hydrogens is 363 g/mol. The van der Waals surface area contributed by atoms with Crippen LogP contribution in [0.3, 0.4) is 0 Å². The van der Waals surface area contributed by atoms with E-state index in [1.807, 2.05) is 0 Å². The number of rotatable bonds is 2. The number of allylic oxidation sites excluding steroid dienone is 4. The predicted octanol–water partition coefficient (Wildman–Crippen LogP) is 1.90. The van der Waals surface area contributed by atoms with E-state index >= 15 is 4.39 Å². The van der Waals surface area contributed by atoms with E-state index in [-0.39, 0.29) is 18.1 Å². The summed E-state index contributed by atoms with van der Waals surface area (Å²) in [7, 11) is 0. The number of alkyl halides is 1. The largest absolute Gasteiger partial charge is 0.390 e. The van der Waals surface area contributed by atoms with Crippen molar-refractivity contribution >= 4 is 11.6 Å². The molecule has 0 aromatic carbocycles. The van der Waals surface area contributed by atoms with Crippen LogP contribution in [0.15, 0.2) is 23.8 Å². The Bertz CT molecular complexity index is 805. The monoisotopic (exact) mass is 392 g/mol. The molecule has 1 unspecified atom stereocenters. The second-order valence-corrected chi connectivity index (χ2v) is 9.75. The van der Waals surface area contributed by atoms with Gasteiger partial charge in [0, 0.05) is 16.7 Å². The van der Waals surface area contributed by atoms with E-state index in [4.69, 9.17) is 0 Å². The molecule has 0 aliphatic heterocycles. The number of halogens is 1. The number of carbonyl (C=O) groups is 2. The van der Waals surface area contributed by atoms with Gasteiger partial charge in [0.05, 0.1) is 6.10 Å². The van der Waals surface area contributed by atoms with Crippen LogP contribution in [0.4, 0.5) is 4.39 Å². The molecule has 0 heterocycles. The maximum absolute atomic E-state index is 16.9. The second kappa shape index (κ2) is 5.83. The zero-order chi connectivity index (χ0) is 20.7. The van der Waals surface area contributed by atoms with Crippen molar-refractivity contribution in [2.75, 3.05) is 6.61 Å². The fourth-order valence-corrected chi connectivity index (χ4v) is 7.26. The molecule has 0 aromatic heterocycles. The van der Waals surface area contributed by atoms with Crippen LogP contribution < -0.4 is 0 Å². The molecule has 5 nitrogen and oxygen atoms in total. The Morgan fingerprint density at radius 2 is 2.00 bits per heavy atom. The topological polar surface area (TPSA) is 94.8 Å². The molecule has 3 saturated carbocycles. The molecule has 8 atom stereocenters. The van der Waals surface area contributed by atoms with Gasteiger partial charge in [0.25, 0.3) is 0 Å². The van der Waals surface area contributed by atoms with Crippen LogP contribution in [0, 0.1) is 28.6 Å². The third-order valence-electron chi connectivity index (χ3n) is 8.79. The number of Topliss-reactive ketones (excluding diaryl/α,β-unsaturated/α-hetero) is 1. The lowest BCUT2D eigenvalue weighted by Crippen LogP contribution is -2.69. The first-order valence-corrected chi connectivity index (χ1v) is 10.1. The first-order valence-electron chi connectivity index (χ1n) is 10.1. The van der Waals surface area contributed by atoms with Crippen molar-refractivity contribution in [1.29, 1.82) is 0 Å². The molecule has 4 aliphatic rings. The van der Waals surface area contributed by atoms with E-state index in [1.165, 1.54) is 12.2 Å². The SMILES string of the molecule is C[C@@H]1CC2[C@H]3CCC4=CC(=O)C=C[C@]4(C)[C@@]3(F)[C@@H](O)C[C@]2(C)[C@@]1(O)C(=O)CO. The number of hydrogen-bond acceptors (Lipinski definition) is 5. The number of fused-ring (bicyclic) bond motifs is 5. The third kappa shape index (κ3) is 2.01. The van der Waals surface area contributed by atoms with Crippen molar-refractivity contribution in [2.24, 2.45) is 28.6 Å². The first kappa shape index (κ1) is 19.9. The number of hydrogen-bond donors (Lipinski definition) is 3. The van der Waals surface area contributed by atoms with Crippen LogP contribution in [-0.2, 0) is 9.59 Å². The number of carbonyl (C=O) groups excluding carboxylic acids is 2. The zero-order valence-electron chi connectivity index (χ0n) is 16.6. The quantitative estimate of drug-likeness (QED) is 0.667. The summed E-state index contributed by atoms with van der Waals surface area (Å²) in [5.41, 5.74) is -5.17. The van der Waals surface area contributed by atoms with Crippen molar-refractivity contribution in [3.63, 3.8) is 0 Å². The van der Waals surface area contributed by atoms with Crippen LogP contribution in [-0.4, -0.2) is 50.9 Å². The van der Waals surface area contributed by atoms with E-state index in [0.29, 0.717) is 24.8 Å². The summed E-state index contributed by atoms with van der Waals surface area (Å²) in [4.78, 5) is 24.4. The fourth-order valence-electron chi connectivity index (χ4n) is 7.26. The molecular formula is C22H29FO5. The minimum atomic E-state index is -1.98. The molecule has 6 heteroatoms. The summed E-state index contributed by atoms with van der Waals surface area (Å²) in [5.74, 6) is -2.12. The Morgan fingerprint density at radius 3 is 2.64 bits per heavy atom. The maximum atomic E-state index is 16.9. The van der Waals surface area contributed by atoms with Gasteiger partial charge in [-0.05, 0) is 56.6 Å². The summed E-state index contributed by atoms with van der Waals surface area (Å²) >= 11 is 0. The van der Waals surface area contributed by atoms with Gasteiger partial charge in [-0.2, -0.15) is 0 Å². The molecule has 0 bridgehead atoms. The summed E-state index contributed by atoms with van der Waals surface area (Å²) in [6.45, 7) is 4.48. The average molecular weight is 392 g/mol. The van der Waals surface area contributed by atoms with Gasteiger partial charge in [0.1, 0.15) is 12.2 Å². The summed E-state index contributed by atoms with van der Waals surface area (Å²) < 4.78 is 16.9. The molecule has 0 radical (unpaired) electrons. The standard InChI is InChI=1S/C22H29FO5/c1-12-8-16-15-5-4-13-9-14(25)6-7-19(13,2)21(15,23)17(26)10-20(16,3)22(12,28)18(27)11-24/h6-7,9,12,15-17,24,26,28H,4-5,8,10-11H2,1-3H3/t12-,15-,16?,17+,19+,20+,21+,22+/m1/s1. The number of aliphatic hydroxyl groups excluding tert-OH is 2. The lowest BCUT2D eigenvalue weighted by atomic mass is 9.44. The molecule has 0 aromatic rings. The lowest BCUT2D eigenvalue weighted by molar-refractivity contribution is -0.219. The van der Waals surface area contributed by atoms with Gasteiger partial charge in [-0.3, -0.25) is 9.59 Å². The molecule has 3 N–H and O–H groups in total. The van der Waals surface area contributed by atoms with E-state index in [1.54, 1.807) is 26.8 Å². The minimum absolute atomic E-state index is 0.0676. The maximum Gasteiger partial charge on any atom is 0.190 e. The molecule has 0 saturated heterocycles. The third-order valence-corrected chi connectivity index (χ3v) is 8.79. The Labute approximate surface area is 164 Å². The van der Waals surface area contributed by atoms with E-state index in [0.717, 1.165) is 0 Å². The van der Waals surface area contributed by atoms with Crippen molar-refractivity contribution in [3.8, 4) is 0 Å². The first-order chi connectivity index (χ1) is 13.0. The Hall–Kier alpha value is -1.37. The molecule has 0 spiro atoms. The summed E-state index contributed by atoms with van der Waals surface area (Å²) in [6.07, 6.45) is 4.44. The van der Waals surface area contributed by atoms with E-state index in [9.17, 15) is 24.9 Å². The second-order valence-electron chi connectivity index (χ2n) is 9.75. The number of aliphatic hydroxyl groups is 3. The predicted molar refractivity (Wildman–Crippen MR) is 99.9 cm³/mol. The van der Waals surface area contributed by atoms with Gasteiger partial charge in [0.2, 0.25) is 0 Å². The van der Waals surface area contributed by atoms with Crippen molar-refractivity contribution in [2.45, 2.75) is 63.8 Å². The lowest BCUT2D eigenvalue weighted by Gasteiger charge is -2.62. The Morgan fingerprint density at radius 1 is 1.32 bits per heavy atom. The zero-order valence-corrected chi connectivity index (χ0v) is 16.6. The highest BCUT2D eigenvalue weighted by atomic mass is 19.1. The van der Waals surface area contributed by atoms with Crippen molar-refractivity contribution in [3.05, 3.63) is 23.8 Å². The van der Waals surface area contributed by atoms with Gasteiger partial charge in [-0.15, -0.1) is 0 Å². The average Bonchev–Trinajstić information content (AvgIpc) is 2.84. The fraction of sp³-hybridized carbons (Fsp3) is 0.727. The van der Waals surface area contributed by atoms with Crippen molar-refractivity contribution in [1.82, 2.24) is 0 Å². The molecule has 28 heavy (non-hydrogen) atoms. The highest BCUT2D eigenvalue weighted by molar-refractivity contribution is 6.01. The smallest absolute Gasteiger partial charge is 0.190 e. The van der Waals surface area contributed by atoms with Gasteiger partial charge in [-0.25, -0.2) is 4.39 Å². The van der Waals surface area contributed by atoms with Crippen LogP contribution in [0.2, 0.25) is 0 Å². The van der Waals surface area contributed by atoms with E-state index in [2.05, 4.69) is 0 Å². The van der Waals surface area contributed by atoms with Gasteiger partial charge >= 0.3 is 0 Å². The van der Waals surface area contributed by atoms with Gasteiger partial charge in [-0.1, -0.05) is 25.5 Å². The molecule has 0 amide bonds. The van der Waals surface area contributed by atoms with Crippen LogP contribution in [0.1, 0.15) is 46.5 Å². The van der Waals surface area contributed by atoms with Crippen LogP contribution in [0.25, 0.3) is 0 Å². The number of ketones is 2.